The van der Waals surface area contributed by atoms with Gasteiger partial charge in [-0.1, -0.05) is 35.7 Å². The average molecular weight is 291 g/mol. The maximum absolute atomic E-state index is 13.4. The molecule has 0 aromatic heterocycles. The van der Waals surface area contributed by atoms with Crippen molar-refractivity contribution in [2.45, 2.75) is 32.6 Å². The molecule has 1 aromatic rings. The molecule has 0 saturated carbocycles. The Morgan fingerprint density at radius 3 is 2.31 bits per heavy atom. The molecule has 0 atom stereocenters. The van der Waals surface area contributed by atoms with Gasteiger partial charge in [0, 0.05) is 10.9 Å². The lowest BCUT2D eigenvalue weighted by Gasteiger charge is -2.04. The van der Waals surface area contributed by atoms with Crippen molar-refractivity contribution in [1.29, 1.82) is 0 Å². The molecule has 1 aromatic carbocycles. The lowest BCUT2D eigenvalue weighted by molar-refractivity contribution is 0.0971. The largest absolute Gasteiger partial charge is 0.294 e. The van der Waals surface area contributed by atoms with Gasteiger partial charge >= 0.3 is 0 Å². The first kappa shape index (κ1) is 13.3. The van der Waals surface area contributed by atoms with Crippen molar-refractivity contribution in [1.82, 2.24) is 0 Å². The fourth-order valence-corrected chi connectivity index (χ4v) is 1.87. The molecular weight excluding hydrogens is 278 g/mol. The summed E-state index contributed by atoms with van der Waals surface area (Å²) >= 11 is 2.97. The highest BCUT2D eigenvalue weighted by atomic mass is 79.9. The predicted octanol–water partition coefficient (Wildman–Crippen LogP) is 4.49. The highest BCUT2D eigenvalue weighted by Crippen LogP contribution is 2.21. The number of hydrogen-bond donors (Lipinski definition) is 0. The third kappa shape index (κ3) is 3.37. The number of hydrogen-bond acceptors (Lipinski definition) is 1. The Hall–Kier alpha value is -0.770. The molecule has 0 unspecified atom stereocenters. The third-order valence-electron chi connectivity index (χ3n) is 2.29. The normalized spacial score (nSPS) is 10.5. The van der Waals surface area contributed by atoms with Crippen LogP contribution in [0.1, 0.15) is 43.0 Å². The fourth-order valence-electron chi connectivity index (χ4n) is 1.47. The Bertz CT molecular complexity index is 368. The van der Waals surface area contributed by atoms with Crippen molar-refractivity contribution < 1.29 is 13.6 Å². The standard InChI is InChI=1S/C12H13BrF2O/c1-2-3-4-5-11(16)12-9(14)6-8(13)7-10(12)15/h6-7H,2-5H2,1H3. The van der Waals surface area contributed by atoms with Crippen LogP contribution in [-0.2, 0) is 0 Å². The lowest BCUT2D eigenvalue weighted by atomic mass is 10.0. The van der Waals surface area contributed by atoms with Crippen LogP contribution in [0.5, 0.6) is 0 Å². The van der Waals surface area contributed by atoms with Crippen LogP contribution in [0.2, 0.25) is 0 Å². The van der Waals surface area contributed by atoms with Gasteiger partial charge < -0.3 is 0 Å². The van der Waals surface area contributed by atoms with Gasteiger partial charge in [0.15, 0.2) is 5.78 Å². The first-order chi connectivity index (χ1) is 7.56. The SMILES string of the molecule is CCCCCC(=O)c1c(F)cc(Br)cc1F. The summed E-state index contributed by atoms with van der Waals surface area (Å²) in [6.07, 6.45) is 2.73. The van der Waals surface area contributed by atoms with E-state index < -0.39 is 23.0 Å². The van der Waals surface area contributed by atoms with E-state index in [0.717, 1.165) is 25.0 Å². The van der Waals surface area contributed by atoms with E-state index in [2.05, 4.69) is 15.9 Å². The van der Waals surface area contributed by atoms with Gasteiger partial charge in [0.05, 0.1) is 5.56 Å². The Balaban J connectivity index is 2.83. The van der Waals surface area contributed by atoms with E-state index in [1.165, 1.54) is 0 Å². The number of rotatable bonds is 5. The second kappa shape index (κ2) is 6.09. The van der Waals surface area contributed by atoms with Crippen LogP contribution in [0.25, 0.3) is 0 Å². The molecule has 0 saturated heterocycles. The molecule has 4 heteroatoms. The highest BCUT2D eigenvalue weighted by Gasteiger charge is 2.17. The van der Waals surface area contributed by atoms with Crippen LogP contribution < -0.4 is 0 Å². The van der Waals surface area contributed by atoms with Crippen LogP contribution in [-0.4, -0.2) is 5.78 Å². The zero-order valence-corrected chi connectivity index (χ0v) is 10.6. The smallest absolute Gasteiger partial charge is 0.168 e. The summed E-state index contributed by atoms with van der Waals surface area (Å²) in [4.78, 5) is 11.6. The van der Waals surface area contributed by atoms with Crippen LogP contribution in [0, 0.1) is 11.6 Å². The number of unbranched alkanes of at least 4 members (excludes halogenated alkanes) is 2. The van der Waals surface area contributed by atoms with E-state index in [0.29, 0.717) is 10.9 Å². The van der Waals surface area contributed by atoms with Crippen molar-refractivity contribution in [2.24, 2.45) is 0 Å². The molecule has 1 rings (SSSR count). The molecule has 0 amide bonds. The van der Waals surface area contributed by atoms with E-state index >= 15 is 0 Å². The fraction of sp³-hybridized carbons (Fsp3) is 0.417. The van der Waals surface area contributed by atoms with Crippen molar-refractivity contribution in [3.8, 4) is 0 Å². The lowest BCUT2D eigenvalue weighted by Crippen LogP contribution is -2.06. The van der Waals surface area contributed by atoms with Gasteiger partial charge in [0.25, 0.3) is 0 Å². The summed E-state index contributed by atoms with van der Waals surface area (Å²) in [6, 6.07) is 2.21. The average Bonchev–Trinajstić information content (AvgIpc) is 2.16. The Morgan fingerprint density at radius 2 is 1.81 bits per heavy atom. The number of carbonyl (C=O) groups is 1. The van der Waals surface area contributed by atoms with E-state index in [9.17, 15) is 13.6 Å². The first-order valence-corrected chi connectivity index (χ1v) is 6.03. The van der Waals surface area contributed by atoms with E-state index in [1.54, 1.807) is 0 Å². The molecular formula is C12H13BrF2O. The molecule has 88 valence electrons. The molecule has 0 spiro atoms. The molecule has 0 heterocycles. The van der Waals surface area contributed by atoms with Crippen molar-refractivity contribution in [3.63, 3.8) is 0 Å². The number of ketones is 1. The third-order valence-corrected chi connectivity index (χ3v) is 2.75. The Morgan fingerprint density at radius 1 is 1.25 bits per heavy atom. The zero-order chi connectivity index (χ0) is 12.1. The van der Waals surface area contributed by atoms with Crippen LogP contribution in [0.15, 0.2) is 16.6 Å². The van der Waals surface area contributed by atoms with Gasteiger partial charge in [-0.15, -0.1) is 0 Å². The quantitative estimate of drug-likeness (QED) is 0.577. The van der Waals surface area contributed by atoms with Gasteiger partial charge in [-0.2, -0.15) is 0 Å². The number of Topliss-reactive ketones (excluding diaryl/α,β-unsaturated/α-hetero) is 1. The Kier molecular flexibility index (Phi) is 5.06. The summed E-state index contributed by atoms with van der Waals surface area (Å²) in [5.41, 5.74) is -0.417. The minimum absolute atomic E-state index is 0.198. The molecule has 0 aliphatic carbocycles. The molecule has 1 nitrogen and oxygen atoms in total. The van der Waals surface area contributed by atoms with Crippen LogP contribution in [0.4, 0.5) is 8.78 Å². The summed E-state index contributed by atoms with van der Waals surface area (Å²) in [7, 11) is 0. The molecule has 0 radical (unpaired) electrons. The molecule has 0 N–H and O–H groups in total. The number of carbonyl (C=O) groups excluding carboxylic acids is 1. The summed E-state index contributed by atoms with van der Waals surface area (Å²) < 4.78 is 27.1. The van der Waals surface area contributed by atoms with E-state index in [1.807, 2.05) is 6.92 Å². The van der Waals surface area contributed by atoms with Gasteiger partial charge in [-0.3, -0.25) is 4.79 Å². The van der Waals surface area contributed by atoms with Crippen LogP contribution >= 0.6 is 15.9 Å². The summed E-state index contributed by atoms with van der Waals surface area (Å²) in [5, 5.41) is 0. The topological polar surface area (TPSA) is 17.1 Å². The van der Waals surface area contributed by atoms with E-state index in [4.69, 9.17) is 0 Å². The molecule has 0 bridgehead atoms. The van der Waals surface area contributed by atoms with Crippen molar-refractivity contribution in [3.05, 3.63) is 33.8 Å². The van der Waals surface area contributed by atoms with Gasteiger partial charge in [-0.25, -0.2) is 8.78 Å². The minimum Gasteiger partial charge on any atom is -0.294 e. The second-order valence-corrected chi connectivity index (χ2v) is 4.54. The molecule has 16 heavy (non-hydrogen) atoms. The molecule has 0 aliphatic heterocycles. The second-order valence-electron chi connectivity index (χ2n) is 3.62. The molecule has 0 fully saturated rings. The maximum atomic E-state index is 13.4. The number of benzene rings is 1. The highest BCUT2D eigenvalue weighted by molar-refractivity contribution is 9.10. The monoisotopic (exact) mass is 290 g/mol. The summed E-state index contributed by atoms with van der Waals surface area (Å²) in [5.74, 6) is -2.06. The van der Waals surface area contributed by atoms with Crippen LogP contribution in [0.3, 0.4) is 0 Å². The zero-order valence-electron chi connectivity index (χ0n) is 9.03. The van der Waals surface area contributed by atoms with Crippen molar-refractivity contribution >= 4 is 21.7 Å². The summed E-state index contributed by atoms with van der Waals surface area (Å²) in [6.45, 7) is 2.01. The Labute approximate surface area is 102 Å². The van der Waals surface area contributed by atoms with Gasteiger partial charge in [0.1, 0.15) is 11.6 Å². The van der Waals surface area contributed by atoms with Gasteiger partial charge in [-0.05, 0) is 18.6 Å². The predicted molar refractivity (Wildman–Crippen MR) is 62.5 cm³/mol. The molecule has 0 aliphatic rings. The van der Waals surface area contributed by atoms with Gasteiger partial charge in [0.2, 0.25) is 0 Å². The first-order valence-electron chi connectivity index (χ1n) is 5.24. The minimum atomic E-state index is -0.798. The number of halogens is 3. The van der Waals surface area contributed by atoms with Crippen molar-refractivity contribution in [2.75, 3.05) is 0 Å². The van der Waals surface area contributed by atoms with E-state index in [-0.39, 0.29) is 6.42 Å². The maximum Gasteiger partial charge on any atom is 0.168 e.